The summed E-state index contributed by atoms with van der Waals surface area (Å²) in [6, 6.07) is 83.6. The van der Waals surface area contributed by atoms with Gasteiger partial charge in [-0.15, -0.1) is 0 Å². The topological polar surface area (TPSA) is 73.7 Å². The van der Waals surface area contributed by atoms with Gasteiger partial charge in [0.15, 0.2) is 0 Å². The van der Waals surface area contributed by atoms with Crippen LogP contribution in [0.3, 0.4) is 0 Å². The Bertz CT molecular complexity index is 3890. The van der Waals surface area contributed by atoms with Crippen LogP contribution < -0.4 is 38.4 Å². The van der Waals surface area contributed by atoms with E-state index >= 15 is 0 Å². The van der Waals surface area contributed by atoms with Gasteiger partial charge in [-0.25, -0.2) is 4.68 Å². The molecule has 10 nitrogen and oxygen atoms in total. The molecular weight excluding hydrogens is 1030 g/mol. The first kappa shape index (κ1) is 52.2. The molecule has 1 aromatic heterocycles. The van der Waals surface area contributed by atoms with Crippen molar-refractivity contribution in [2.45, 2.75) is 31.7 Å². The predicted octanol–water partition coefficient (Wildman–Crippen LogP) is 18.1. The summed E-state index contributed by atoms with van der Waals surface area (Å²) >= 11 is 0. The zero-order valence-corrected chi connectivity index (χ0v) is 47.8. The quantitative estimate of drug-likeness (QED) is 0.0998. The van der Waals surface area contributed by atoms with Crippen LogP contribution in [0.25, 0.3) is 33.6 Å². The number of anilines is 9. The first-order chi connectivity index (χ1) is 40.5. The van der Waals surface area contributed by atoms with Crippen LogP contribution in [0.2, 0.25) is 0 Å². The molecule has 0 fully saturated rings. The molecule has 0 amide bonds. The average Bonchev–Trinajstić information content (AvgIpc) is 1.65. The highest BCUT2D eigenvalue weighted by molar-refractivity contribution is 5.94. The van der Waals surface area contributed by atoms with Gasteiger partial charge in [-0.1, -0.05) is 81.4 Å². The van der Waals surface area contributed by atoms with E-state index in [0.717, 1.165) is 125 Å². The highest BCUT2D eigenvalue weighted by Crippen LogP contribution is 2.62. The van der Waals surface area contributed by atoms with Crippen molar-refractivity contribution in [1.29, 1.82) is 0 Å². The number of hydrogen-bond acceptors (Lipinski definition) is 9. The molecule has 410 valence electrons. The van der Waals surface area contributed by atoms with Gasteiger partial charge in [0.25, 0.3) is 0 Å². The van der Waals surface area contributed by atoms with Gasteiger partial charge in [0.1, 0.15) is 34.3 Å². The molecule has 1 aliphatic carbocycles. The molecule has 2 heterocycles. The van der Waals surface area contributed by atoms with E-state index in [1.807, 2.05) is 66.7 Å². The van der Waals surface area contributed by atoms with E-state index < -0.39 is 5.54 Å². The molecule has 0 unspecified atom stereocenters. The van der Waals surface area contributed by atoms with E-state index in [9.17, 15) is 0 Å². The van der Waals surface area contributed by atoms with Crippen LogP contribution in [0.4, 0.5) is 51.2 Å². The predicted molar refractivity (Wildman–Crippen MR) is 336 cm³/mol. The summed E-state index contributed by atoms with van der Waals surface area (Å²) in [6.45, 7) is 6.88. The van der Waals surface area contributed by atoms with Gasteiger partial charge >= 0.3 is 0 Å². The first-order valence-corrected chi connectivity index (χ1v) is 27.8. The fourth-order valence-corrected chi connectivity index (χ4v) is 12.0. The second kappa shape index (κ2) is 21.0. The van der Waals surface area contributed by atoms with E-state index in [1.165, 1.54) is 11.1 Å². The summed E-state index contributed by atoms with van der Waals surface area (Å²) in [5.41, 5.74) is 18.7. The molecule has 11 aromatic rings. The third-order valence-corrected chi connectivity index (χ3v) is 16.3. The fourth-order valence-electron chi connectivity index (χ4n) is 12.0. The van der Waals surface area contributed by atoms with Crippen molar-refractivity contribution >= 4 is 51.2 Å². The third kappa shape index (κ3) is 9.03. The van der Waals surface area contributed by atoms with Gasteiger partial charge in [0.05, 0.1) is 46.9 Å². The molecule has 0 radical (unpaired) electrons. The molecule has 0 bridgehead atoms. The highest BCUT2D eigenvalue weighted by Gasteiger charge is 2.54. The maximum Gasteiger partial charge on any atom is 0.140 e. The number of ether oxygens (including phenoxy) is 5. The second-order valence-corrected chi connectivity index (χ2v) is 21.9. The Kier molecular flexibility index (Phi) is 13.2. The van der Waals surface area contributed by atoms with Crippen molar-refractivity contribution in [2.75, 3.05) is 50.2 Å². The third-order valence-electron chi connectivity index (χ3n) is 16.3. The van der Waals surface area contributed by atoms with E-state index in [4.69, 9.17) is 28.8 Å². The van der Waals surface area contributed by atoms with Gasteiger partial charge in [0, 0.05) is 62.3 Å². The summed E-state index contributed by atoms with van der Waals surface area (Å²) in [7, 11) is 8.49. The van der Waals surface area contributed by atoms with E-state index in [2.05, 4.69) is 210 Å². The fraction of sp³-hybridized carbons (Fsp3) is 0.137. The lowest BCUT2D eigenvalue weighted by Crippen LogP contribution is -2.34. The molecular formula is C73H63N5O5. The largest absolute Gasteiger partial charge is 0.497 e. The minimum absolute atomic E-state index is 0.166. The molecule has 0 atom stereocenters. The maximum atomic E-state index is 5.88. The van der Waals surface area contributed by atoms with Crippen LogP contribution in [0.5, 0.6) is 28.7 Å². The average molecular weight is 1090 g/mol. The van der Waals surface area contributed by atoms with E-state index in [-0.39, 0.29) is 5.41 Å². The SMILES string of the molecule is COc1ccc(N(c2ccccc2)c2ccc(-c3cc4n(n3)C3(c5cc(N(c6ccc(OC)cc6)c6ccc(OC)cc6)ccc5-c5ccc(N(c6ccc(OC)cc6)c6ccc(OC)cc6)cc53)c3cc(C(C)(C)C)ccc3-4)cc2)cc1. The zero-order chi connectivity index (χ0) is 57.0. The van der Waals surface area contributed by atoms with Crippen LogP contribution in [0, 0.1) is 0 Å². The number of nitrogens with zero attached hydrogens (tertiary/aromatic N) is 5. The smallest absolute Gasteiger partial charge is 0.140 e. The zero-order valence-electron chi connectivity index (χ0n) is 47.8. The van der Waals surface area contributed by atoms with Crippen molar-refractivity contribution in [3.63, 3.8) is 0 Å². The lowest BCUT2D eigenvalue weighted by Gasteiger charge is -2.34. The molecule has 0 saturated heterocycles. The molecule has 10 heteroatoms. The van der Waals surface area contributed by atoms with Crippen LogP contribution in [0.1, 0.15) is 43.0 Å². The van der Waals surface area contributed by atoms with Crippen LogP contribution in [-0.2, 0) is 11.0 Å². The Labute approximate surface area is 485 Å². The summed E-state index contributed by atoms with van der Waals surface area (Å²) in [6.07, 6.45) is 0. The van der Waals surface area contributed by atoms with Crippen molar-refractivity contribution in [2.24, 2.45) is 0 Å². The number of methoxy groups -OCH3 is 5. The maximum absolute atomic E-state index is 5.88. The van der Waals surface area contributed by atoms with Gasteiger partial charge in [-0.05, 0) is 215 Å². The molecule has 83 heavy (non-hydrogen) atoms. The minimum Gasteiger partial charge on any atom is -0.497 e. The van der Waals surface area contributed by atoms with Crippen LogP contribution in [0.15, 0.2) is 237 Å². The van der Waals surface area contributed by atoms with Gasteiger partial charge in [-0.2, -0.15) is 5.10 Å². The Morgan fingerprint density at radius 1 is 0.337 bits per heavy atom. The minimum atomic E-state index is -0.962. The Hall–Kier alpha value is -10.2. The Balaban J connectivity index is 1.05. The Morgan fingerprint density at radius 3 is 1.04 bits per heavy atom. The summed E-state index contributed by atoms with van der Waals surface area (Å²) in [5, 5.41) is 5.88. The normalized spacial score (nSPS) is 12.4. The lowest BCUT2D eigenvalue weighted by atomic mass is 9.77. The molecule has 10 aromatic carbocycles. The van der Waals surface area contributed by atoms with Crippen LogP contribution >= 0.6 is 0 Å². The molecule has 0 saturated carbocycles. The van der Waals surface area contributed by atoms with E-state index in [1.54, 1.807) is 35.5 Å². The van der Waals surface area contributed by atoms with Crippen molar-refractivity contribution in [3.8, 4) is 62.4 Å². The highest BCUT2D eigenvalue weighted by atomic mass is 16.5. The standard InChI is InChI=1S/C73H63N5O5/c1-72(2,3)49-16-41-66-67(44-49)73(78-71(66)47-70(74-78)48-14-17-51(18-15-48)75(50-12-10-9-11-13-50)52-19-31-59(79-4)32-20-52)68-45-57(76(53-21-33-60(80-5)34-22-53)54-23-35-61(81-6)36-24-54)29-42-64(68)65-43-30-58(46-69(65)73)77(55-25-37-62(82-7)38-26-55)56-27-39-63(83-8)40-28-56/h9-47H,1-8H3. The number of hydrogen-bond donors (Lipinski definition) is 0. The number of benzene rings is 10. The van der Waals surface area contributed by atoms with Crippen molar-refractivity contribution < 1.29 is 23.7 Å². The van der Waals surface area contributed by atoms with Crippen LogP contribution in [-0.4, -0.2) is 45.3 Å². The number of rotatable bonds is 15. The van der Waals surface area contributed by atoms with Gasteiger partial charge in [-0.3, -0.25) is 0 Å². The molecule has 2 aliphatic rings. The van der Waals surface area contributed by atoms with Crippen molar-refractivity contribution in [1.82, 2.24) is 9.78 Å². The lowest BCUT2D eigenvalue weighted by molar-refractivity contribution is 0.414. The molecule has 0 N–H and O–H groups in total. The summed E-state index contributed by atoms with van der Waals surface area (Å²) in [5.74, 6) is 3.92. The monoisotopic (exact) mass is 1090 g/mol. The number of para-hydroxylation sites is 1. The number of aromatic nitrogens is 2. The molecule has 1 aliphatic heterocycles. The van der Waals surface area contributed by atoms with Gasteiger partial charge < -0.3 is 38.4 Å². The summed E-state index contributed by atoms with van der Waals surface area (Å²) in [4.78, 5) is 6.87. The molecule has 13 rings (SSSR count). The first-order valence-electron chi connectivity index (χ1n) is 27.8. The molecule has 1 spiro atoms. The second-order valence-electron chi connectivity index (χ2n) is 21.9. The summed E-state index contributed by atoms with van der Waals surface area (Å²) < 4.78 is 30.6. The van der Waals surface area contributed by atoms with Crippen molar-refractivity contribution in [3.05, 3.63) is 259 Å². The Morgan fingerprint density at radius 2 is 0.663 bits per heavy atom. The van der Waals surface area contributed by atoms with E-state index in [0.29, 0.717) is 0 Å². The number of fused-ring (bicyclic) bond motifs is 10. The van der Waals surface area contributed by atoms with Gasteiger partial charge in [0.2, 0.25) is 0 Å².